The number of aryl methyl sites for hydroxylation is 1. The summed E-state index contributed by atoms with van der Waals surface area (Å²) in [4.78, 5) is 19.3. The largest absolute Gasteiger partial charge is 0.313 e. The van der Waals surface area contributed by atoms with E-state index in [0.717, 1.165) is 47.9 Å². The van der Waals surface area contributed by atoms with Crippen LogP contribution in [0.3, 0.4) is 0 Å². The van der Waals surface area contributed by atoms with Gasteiger partial charge in [0.15, 0.2) is 0 Å². The highest BCUT2D eigenvalue weighted by Crippen LogP contribution is 2.38. The predicted octanol–water partition coefficient (Wildman–Crippen LogP) is 3.34. The van der Waals surface area contributed by atoms with E-state index >= 15 is 0 Å². The number of hydrogen-bond donors (Lipinski definition) is 1. The minimum atomic E-state index is -0.149. The van der Waals surface area contributed by atoms with Crippen molar-refractivity contribution >= 4 is 10.9 Å². The van der Waals surface area contributed by atoms with Gasteiger partial charge in [0.05, 0.1) is 22.8 Å². The maximum atomic E-state index is 12.4. The van der Waals surface area contributed by atoms with Crippen LogP contribution in [0, 0.1) is 11.3 Å². The molecule has 1 aliphatic carbocycles. The van der Waals surface area contributed by atoms with Gasteiger partial charge in [-0.15, -0.1) is 0 Å². The van der Waals surface area contributed by atoms with Gasteiger partial charge in [-0.3, -0.25) is 4.79 Å². The molecule has 0 saturated heterocycles. The maximum Gasteiger partial charge on any atom is 0.258 e. The second-order valence-corrected chi connectivity index (χ2v) is 5.85. The minimum Gasteiger partial charge on any atom is -0.313 e. The highest BCUT2D eigenvalue weighted by Gasteiger charge is 2.24. The average molecular weight is 301 g/mol. The third kappa shape index (κ3) is 2.05. The first-order chi connectivity index (χ1) is 11.3. The Kier molecular flexibility index (Phi) is 3.20. The summed E-state index contributed by atoms with van der Waals surface area (Å²) in [6.07, 6.45) is 5.30. The molecule has 4 heteroatoms. The maximum absolute atomic E-state index is 12.4. The van der Waals surface area contributed by atoms with Crippen LogP contribution in [0.5, 0.6) is 0 Å². The van der Waals surface area contributed by atoms with Crippen molar-refractivity contribution in [2.45, 2.75) is 25.7 Å². The molecule has 2 aromatic carbocycles. The number of nitriles is 1. The van der Waals surface area contributed by atoms with Crippen LogP contribution in [0.25, 0.3) is 22.0 Å². The highest BCUT2D eigenvalue weighted by atomic mass is 16.1. The lowest BCUT2D eigenvalue weighted by Crippen LogP contribution is -2.15. The van der Waals surface area contributed by atoms with Gasteiger partial charge in [-0.05, 0) is 42.4 Å². The fourth-order valence-electron chi connectivity index (χ4n) is 3.63. The Morgan fingerprint density at radius 2 is 1.83 bits per heavy atom. The first-order valence-electron chi connectivity index (χ1n) is 7.82. The van der Waals surface area contributed by atoms with E-state index in [0.29, 0.717) is 16.5 Å². The lowest BCUT2D eigenvalue weighted by molar-refractivity contribution is 0.690. The molecule has 0 saturated carbocycles. The first kappa shape index (κ1) is 13.7. The molecule has 4 rings (SSSR count). The van der Waals surface area contributed by atoms with Gasteiger partial charge in [-0.25, -0.2) is 4.98 Å². The SMILES string of the molecule is N#Cc1c(-c2ccccc2)c2c(c3c(=O)[nH]cnc13)CCCC2. The predicted molar refractivity (Wildman–Crippen MR) is 89.2 cm³/mol. The number of rotatable bonds is 1. The van der Waals surface area contributed by atoms with E-state index in [1.807, 2.05) is 30.3 Å². The van der Waals surface area contributed by atoms with Crippen molar-refractivity contribution in [2.24, 2.45) is 0 Å². The molecule has 3 aromatic rings. The van der Waals surface area contributed by atoms with Crippen LogP contribution in [0.4, 0.5) is 0 Å². The normalized spacial score (nSPS) is 13.5. The number of aromatic amines is 1. The summed E-state index contributed by atoms with van der Waals surface area (Å²) >= 11 is 0. The molecule has 1 N–H and O–H groups in total. The van der Waals surface area contributed by atoms with Crippen LogP contribution >= 0.6 is 0 Å². The van der Waals surface area contributed by atoms with Gasteiger partial charge >= 0.3 is 0 Å². The Labute approximate surface area is 133 Å². The standard InChI is InChI=1S/C19H15N3O/c20-10-15-16(12-6-2-1-3-7-12)13-8-4-5-9-14(13)17-18(15)21-11-22-19(17)23/h1-3,6-7,11H,4-5,8-9H2,(H,21,22,23). The van der Waals surface area contributed by atoms with E-state index in [4.69, 9.17) is 0 Å². The smallest absolute Gasteiger partial charge is 0.258 e. The fraction of sp³-hybridized carbons (Fsp3) is 0.211. The molecule has 0 amide bonds. The summed E-state index contributed by atoms with van der Waals surface area (Å²) in [5.74, 6) is 0. The molecule has 0 atom stereocenters. The topological polar surface area (TPSA) is 69.5 Å². The Morgan fingerprint density at radius 1 is 1.09 bits per heavy atom. The van der Waals surface area contributed by atoms with Crippen LogP contribution in [0.15, 0.2) is 41.5 Å². The zero-order chi connectivity index (χ0) is 15.8. The number of hydrogen-bond acceptors (Lipinski definition) is 3. The second-order valence-electron chi connectivity index (χ2n) is 5.85. The summed E-state index contributed by atoms with van der Waals surface area (Å²) < 4.78 is 0. The Hall–Kier alpha value is -2.93. The van der Waals surface area contributed by atoms with Crippen LogP contribution in [-0.4, -0.2) is 9.97 Å². The third-order valence-corrected chi connectivity index (χ3v) is 4.59. The van der Waals surface area contributed by atoms with E-state index in [9.17, 15) is 10.1 Å². The van der Waals surface area contributed by atoms with Gasteiger partial charge in [-0.2, -0.15) is 5.26 Å². The molecule has 112 valence electrons. The van der Waals surface area contributed by atoms with E-state index in [2.05, 4.69) is 16.0 Å². The molecule has 4 nitrogen and oxygen atoms in total. The number of nitrogens with zero attached hydrogens (tertiary/aromatic N) is 2. The van der Waals surface area contributed by atoms with Gasteiger partial charge in [0.25, 0.3) is 5.56 Å². The van der Waals surface area contributed by atoms with Crippen LogP contribution < -0.4 is 5.56 Å². The number of H-pyrrole nitrogens is 1. The molecular weight excluding hydrogens is 286 g/mol. The first-order valence-corrected chi connectivity index (χ1v) is 7.82. The van der Waals surface area contributed by atoms with Gasteiger partial charge in [0.1, 0.15) is 6.07 Å². The molecule has 1 heterocycles. The quantitative estimate of drug-likeness (QED) is 0.749. The molecule has 0 radical (unpaired) electrons. The Morgan fingerprint density at radius 3 is 2.57 bits per heavy atom. The zero-order valence-electron chi connectivity index (χ0n) is 12.6. The number of benzene rings is 2. The lowest BCUT2D eigenvalue weighted by Gasteiger charge is -2.22. The van der Waals surface area contributed by atoms with Crippen molar-refractivity contribution in [3.05, 3.63) is 63.7 Å². The summed E-state index contributed by atoms with van der Waals surface area (Å²) in [6, 6.07) is 12.2. The Balaban J connectivity index is 2.23. The number of fused-ring (bicyclic) bond motifs is 3. The molecule has 0 aliphatic heterocycles. The van der Waals surface area contributed by atoms with Crippen molar-refractivity contribution in [3.8, 4) is 17.2 Å². The Bertz CT molecular complexity index is 997. The lowest BCUT2D eigenvalue weighted by atomic mass is 9.81. The zero-order valence-corrected chi connectivity index (χ0v) is 12.6. The summed E-state index contributed by atoms with van der Waals surface area (Å²) in [5, 5.41) is 10.4. The van der Waals surface area contributed by atoms with Crippen molar-refractivity contribution in [3.63, 3.8) is 0 Å². The fourth-order valence-corrected chi connectivity index (χ4v) is 3.63. The van der Waals surface area contributed by atoms with E-state index in [-0.39, 0.29) is 5.56 Å². The van der Waals surface area contributed by atoms with Crippen molar-refractivity contribution < 1.29 is 0 Å². The molecule has 1 aliphatic rings. The van der Waals surface area contributed by atoms with Crippen molar-refractivity contribution in [1.82, 2.24) is 9.97 Å². The molecule has 0 fully saturated rings. The number of aromatic nitrogens is 2. The summed E-state index contributed by atoms with van der Waals surface area (Å²) in [6.45, 7) is 0. The monoisotopic (exact) mass is 301 g/mol. The van der Waals surface area contributed by atoms with Gasteiger partial charge in [0, 0.05) is 5.56 Å². The number of nitrogens with one attached hydrogen (secondary N) is 1. The van der Waals surface area contributed by atoms with Crippen molar-refractivity contribution in [1.29, 1.82) is 5.26 Å². The van der Waals surface area contributed by atoms with Crippen LogP contribution in [0.1, 0.15) is 29.5 Å². The van der Waals surface area contributed by atoms with Gasteiger partial charge < -0.3 is 4.98 Å². The van der Waals surface area contributed by atoms with Crippen molar-refractivity contribution in [2.75, 3.05) is 0 Å². The van der Waals surface area contributed by atoms with E-state index in [1.54, 1.807) is 0 Å². The molecular formula is C19H15N3O. The molecule has 1 aromatic heterocycles. The molecule has 0 unspecified atom stereocenters. The molecule has 0 spiro atoms. The van der Waals surface area contributed by atoms with Gasteiger partial charge in [0.2, 0.25) is 0 Å². The highest BCUT2D eigenvalue weighted by molar-refractivity contribution is 5.96. The van der Waals surface area contributed by atoms with E-state index < -0.39 is 0 Å². The average Bonchev–Trinajstić information content (AvgIpc) is 2.61. The van der Waals surface area contributed by atoms with Crippen LogP contribution in [-0.2, 0) is 12.8 Å². The minimum absolute atomic E-state index is 0.149. The molecule has 0 bridgehead atoms. The summed E-state index contributed by atoms with van der Waals surface area (Å²) in [5.41, 5.74) is 5.07. The van der Waals surface area contributed by atoms with E-state index in [1.165, 1.54) is 6.33 Å². The third-order valence-electron chi connectivity index (χ3n) is 4.59. The molecule has 23 heavy (non-hydrogen) atoms. The van der Waals surface area contributed by atoms with Gasteiger partial charge in [-0.1, -0.05) is 30.3 Å². The second kappa shape index (κ2) is 5.36. The summed E-state index contributed by atoms with van der Waals surface area (Å²) in [7, 11) is 0. The van der Waals surface area contributed by atoms with Crippen LogP contribution in [0.2, 0.25) is 0 Å².